The van der Waals surface area contributed by atoms with Gasteiger partial charge in [-0.05, 0) is 42.7 Å². The third-order valence-corrected chi connectivity index (χ3v) is 7.26. The zero-order valence-corrected chi connectivity index (χ0v) is 16.9. The maximum absolute atomic E-state index is 12.1. The molecule has 2 heterocycles. The Kier molecular flexibility index (Phi) is 5.45. The predicted molar refractivity (Wildman–Crippen MR) is 104 cm³/mol. The van der Waals surface area contributed by atoms with Gasteiger partial charge in [-0.2, -0.15) is 0 Å². The van der Waals surface area contributed by atoms with Gasteiger partial charge in [-0.3, -0.25) is 4.90 Å². The average molecular weight is 394 g/mol. The van der Waals surface area contributed by atoms with Gasteiger partial charge < -0.3 is 9.52 Å². The molecule has 0 radical (unpaired) electrons. The molecule has 2 atom stereocenters. The first-order chi connectivity index (χ1) is 12.6. The fraction of sp³-hybridized carbons (Fsp3) is 0.526. The van der Waals surface area contributed by atoms with E-state index in [1.807, 2.05) is 30.9 Å². The molecule has 0 amide bonds. The van der Waals surface area contributed by atoms with Crippen molar-refractivity contribution in [1.29, 1.82) is 0 Å². The second-order valence-electron chi connectivity index (χ2n) is 7.61. The lowest BCUT2D eigenvalue weighted by Crippen LogP contribution is -2.33. The number of β-amino-alcohol motifs (C(OH)–C–C–N with tert-alkyl or cyclic N) is 1. The maximum atomic E-state index is 12.1. The number of nitrogens with zero attached hydrogens (tertiary/aromatic N) is 2. The van der Waals surface area contributed by atoms with Crippen LogP contribution in [-0.2, 0) is 16.6 Å². The molecule has 1 aliphatic rings. The first-order valence-electron chi connectivity index (χ1n) is 8.91. The van der Waals surface area contributed by atoms with Crippen molar-refractivity contribution in [2.45, 2.75) is 26.5 Å². The van der Waals surface area contributed by atoms with Crippen LogP contribution in [0.15, 0.2) is 27.4 Å². The minimum absolute atomic E-state index is 0.0896. The highest BCUT2D eigenvalue weighted by Crippen LogP contribution is 2.26. The Morgan fingerprint density at radius 3 is 2.52 bits per heavy atom. The molecular formula is C19H26N2O5S. The van der Waals surface area contributed by atoms with E-state index in [1.165, 1.54) is 24.5 Å². The summed E-state index contributed by atoms with van der Waals surface area (Å²) in [5.74, 6) is -0.444. The van der Waals surface area contributed by atoms with Crippen LogP contribution >= 0.6 is 0 Å². The van der Waals surface area contributed by atoms with Gasteiger partial charge in [0.25, 0.3) is 0 Å². The van der Waals surface area contributed by atoms with Gasteiger partial charge in [0.1, 0.15) is 5.58 Å². The first kappa shape index (κ1) is 20.0. The van der Waals surface area contributed by atoms with Gasteiger partial charge in [0.15, 0.2) is 0 Å². The number of hydrogen-bond donors (Lipinski definition) is 1. The van der Waals surface area contributed by atoms with Gasteiger partial charge in [-0.15, -0.1) is 0 Å². The Balaban J connectivity index is 1.84. The van der Waals surface area contributed by atoms with Crippen LogP contribution in [0.2, 0.25) is 0 Å². The van der Waals surface area contributed by atoms with Crippen LogP contribution in [0.5, 0.6) is 0 Å². The number of likely N-dealkylation sites (tertiary alicyclic amines) is 1. The Morgan fingerprint density at radius 1 is 1.19 bits per heavy atom. The summed E-state index contributed by atoms with van der Waals surface area (Å²) in [6.45, 7) is 5.26. The molecule has 1 N–H and O–H groups in total. The van der Waals surface area contributed by atoms with E-state index in [0.717, 1.165) is 22.1 Å². The molecule has 0 saturated carbocycles. The third-order valence-electron chi connectivity index (χ3n) is 5.30. The van der Waals surface area contributed by atoms with Gasteiger partial charge in [-0.1, -0.05) is 0 Å². The molecule has 0 aliphatic carbocycles. The van der Waals surface area contributed by atoms with Crippen molar-refractivity contribution in [2.24, 2.45) is 5.92 Å². The van der Waals surface area contributed by atoms with Crippen molar-refractivity contribution in [3.8, 4) is 0 Å². The summed E-state index contributed by atoms with van der Waals surface area (Å²) in [5, 5.41) is 11.2. The highest BCUT2D eigenvalue weighted by atomic mass is 32.2. The van der Waals surface area contributed by atoms with Crippen molar-refractivity contribution in [1.82, 2.24) is 9.21 Å². The molecule has 1 aromatic carbocycles. The predicted octanol–water partition coefficient (Wildman–Crippen LogP) is 1.09. The SMILES string of the molecule is Cc1cc2oc(=O)cc(CN3C[C@@H](CS(=O)(=O)N(C)C)[C@H](O)C3)c2cc1C. The summed E-state index contributed by atoms with van der Waals surface area (Å²) in [6, 6.07) is 5.34. The lowest BCUT2D eigenvalue weighted by Gasteiger charge is -2.18. The first-order valence-corrected chi connectivity index (χ1v) is 10.5. The molecule has 27 heavy (non-hydrogen) atoms. The molecule has 7 nitrogen and oxygen atoms in total. The summed E-state index contributed by atoms with van der Waals surface area (Å²) in [6.07, 6.45) is -0.713. The highest BCUT2D eigenvalue weighted by molar-refractivity contribution is 7.89. The third kappa shape index (κ3) is 4.24. The van der Waals surface area contributed by atoms with Gasteiger partial charge in [-0.25, -0.2) is 17.5 Å². The lowest BCUT2D eigenvalue weighted by molar-refractivity contribution is 0.148. The summed E-state index contributed by atoms with van der Waals surface area (Å²) >= 11 is 0. The Hall–Kier alpha value is -1.74. The van der Waals surface area contributed by atoms with Crippen LogP contribution in [0, 0.1) is 19.8 Å². The summed E-state index contributed by atoms with van der Waals surface area (Å²) in [4.78, 5) is 13.9. The molecule has 3 rings (SSSR count). The molecule has 8 heteroatoms. The monoisotopic (exact) mass is 394 g/mol. The second kappa shape index (κ2) is 7.35. The molecule has 1 fully saturated rings. The van der Waals surface area contributed by atoms with E-state index < -0.39 is 21.8 Å². The molecule has 1 saturated heterocycles. The van der Waals surface area contributed by atoms with Crippen molar-refractivity contribution in [2.75, 3.05) is 32.9 Å². The second-order valence-corrected chi connectivity index (χ2v) is 9.83. The zero-order chi connectivity index (χ0) is 19.9. The maximum Gasteiger partial charge on any atom is 0.336 e. The number of sulfonamides is 1. The largest absolute Gasteiger partial charge is 0.423 e. The number of rotatable bonds is 5. The summed E-state index contributed by atoms with van der Waals surface area (Å²) in [5.41, 5.74) is 3.12. The molecule has 1 aliphatic heterocycles. The van der Waals surface area contributed by atoms with E-state index in [0.29, 0.717) is 25.2 Å². The summed E-state index contributed by atoms with van der Waals surface area (Å²) < 4.78 is 30.8. The smallest absolute Gasteiger partial charge is 0.336 e. The van der Waals surface area contributed by atoms with E-state index in [2.05, 4.69) is 0 Å². The number of aryl methyl sites for hydroxylation is 2. The fourth-order valence-corrected chi connectivity index (χ4v) is 4.68. The van der Waals surface area contributed by atoms with Crippen LogP contribution in [0.1, 0.15) is 16.7 Å². The van der Waals surface area contributed by atoms with Crippen molar-refractivity contribution >= 4 is 21.0 Å². The molecule has 1 aromatic heterocycles. The topological polar surface area (TPSA) is 91.1 Å². The molecule has 2 aromatic rings. The normalized spacial score (nSPS) is 21.4. The van der Waals surface area contributed by atoms with Crippen LogP contribution in [0.25, 0.3) is 11.0 Å². The fourth-order valence-electron chi connectivity index (χ4n) is 3.51. The number of aliphatic hydroxyl groups excluding tert-OH is 1. The van der Waals surface area contributed by atoms with Gasteiger partial charge in [0.05, 0.1) is 11.9 Å². The highest BCUT2D eigenvalue weighted by Gasteiger charge is 2.35. The van der Waals surface area contributed by atoms with Gasteiger partial charge in [0.2, 0.25) is 10.0 Å². The minimum atomic E-state index is -3.38. The average Bonchev–Trinajstić information content (AvgIpc) is 2.88. The number of fused-ring (bicyclic) bond motifs is 1. The van der Waals surface area contributed by atoms with Crippen molar-refractivity contribution < 1.29 is 17.9 Å². The molecular weight excluding hydrogens is 368 g/mol. The van der Waals surface area contributed by atoms with E-state index in [-0.39, 0.29) is 11.7 Å². The van der Waals surface area contributed by atoms with Crippen molar-refractivity contribution in [3.05, 3.63) is 45.3 Å². The molecule has 148 valence electrons. The van der Waals surface area contributed by atoms with Gasteiger partial charge >= 0.3 is 5.63 Å². The summed E-state index contributed by atoms with van der Waals surface area (Å²) in [7, 11) is -0.393. The molecule has 0 unspecified atom stereocenters. The Morgan fingerprint density at radius 2 is 1.85 bits per heavy atom. The van der Waals surface area contributed by atoms with Crippen LogP contribution in [-0.4, -0.2) is 61.8 Å². The van der Waals surface area contributed by atoms with Crippen LogP contribution in [0.4, 0.5) is 0 Å². The Labute approximate surface area is 159 Å². The van der Waals surface area contributed by atoms with Gasteiger partial charge in [0, 0.05) is 51.1 Å². The van der Waals surface area contributed by atoms with Crippen LogP contribution in [0.3, 0.4) is 0 Å². The standard InChI is InChI=1S/C19H26N2O5S/c1-12-5-16-14(7-19(23)26-18(16)6-13(12)2)8-21-9-15(17(22)10-21)11-27(24,25)20(3)4/h5-7,15,17,22H,8-11H2,1-4H3/t15-,17+/m0/s1. The number of aliphatic hydroxyl groups is 1. The minimum Gasteiger partial charge on any atom is -0.423 e. The molecule has 0 bridgehead atoms. The van der Waals surface area contributed by atoms with Crippen LogP contribution < -0.4 is 5.63 Å². The zero-order valence-electron chi connectivity index (χ0n) is 16.1. The number of benzene rings is 1. The Bertz CT molecular complexity index is 1010. The lowest BCUT2D eigenvalue weighted by atomic mass is 10.0. The van der Waals surface area contributed by atoms with E-state index in [9.17, 15) is 18.3 Å². The van der Waals surface area contributed by atoms with E-state index >= 15 is 0 Å². The quantitative estimate of drug-likeness (QED) is 0.764. The van der Waals surface area contributed by atoms with E-state index in [1.54, 1.807) is 0 Å². The van der Waals surface area contributed by atoms with E-state index in [4.69, 9.17) is 4.42 Å². The number of hydrogen-bond acceptors (Lipinski definition) is 6. The molecule has 0 spiro atoms. The van der Waals surface area contributed by atoms with Crippen molar-refractivity contribution in [3.63, 3.8) is 0 Å².